The predicted molar refractivity (Wildman–Crippen MR) is 83.7 cm³/mol. The molecule has 1 heterocycles. The Morgan fingerprint density at radius 3 is 2.60 bits per heavy atom. The van der Waals surface area contributed by atoms with Gasteiger partial charge in [0.1, 0.15) is 11.6 Å². The maximum atomic E-state index is 12.3. The Labute approximate surface area is 125 Å². The molecule has 2 atom stereocenters. The first kappa shape index (κ1) is 17.5. The fourth-order valence-electron chi connectivity index (χ4n) is 2.93. The topological polar surface area (TPSA) is 29.5 Å². The third-order valence-corrected chi connectivity index (χ3v) is 4.08. The number of hydrogen-bond donors (Lipinski definition) is 0. The van der Waals surface area contributed by atoms with Gasteiger partial charge in [-0.3, -0.25) is 9.69 Å². The van der Waals surface area contributed by atoms with E-state index in [1.54, 1.807) is 0 Å². The Balaban J connectivity index is 2.53. The summed E-state index contributed by atoms with van der Waals surface area (Å²) in [5, 5.41) is 0. The van der Waals surface area contributed by atoms with Crippen LogP contribution in [0.4, 0.5) is 0 Å². The molecule has 3 heteroatoms. The Hall–Kier alpha value is -0.570. The number of hydrogen-bond acceptors (Lipinski definition) is 3. The zero-order chi connectivity index (χ0) is 15.2. The second-order valence-electron chi connectivity index (χ2n) is 7.10. The number of unbranched alkanes of at least 4 members (excludes halogenated alkanes) is 1. The second-order valence-corrected chi connectivity index (χ2v) is 7.10. The van der Waals surface area contributed by atoms with Crippen LogP contribution in [0, 0.1) is 5.92 Å². The molecule has 118 valence electrons. The zero-order valence-electron chi connectivity index (χ0n) is 14.1. The van der Waals surface area contributed by atoms with E-state index in [-0.39, 0.29) is 17.6 Å². The highest BCUT2D eigenvalue weighted by atomic mass is 16.6. The van der Waals surface area contributed by atoms with E-state index in [0.717, 1.165) is 31.8 Å². The van der Waals surface area contributed by atoms with E-state index in [2.05, 4.69) is 18.7 Å². The van der Waals surface area contributed by atoms with Gasteiger partial charge in [0.25, 0.3) is 0 Å². The van der Waals surface area contributed by atoms with E-state index in [0.29, 0.717) is 0 Å². The van der Waals surface area contributed by atoms with Crippen LogP contribution in [-0.4, -0.2) is 35.6 Å². The van der Waals surface area contributed by atoms with Gasteiger partial charge in [-0.1, -0.05) is 33.1 Å². The fraction of sp³-hybridized carbons (Fsp3) is 0.941. The molecule has 1 unspecified atom stereocenters. The molecule has 1 fully saturated rings. The zero-order valence-corrected chi connectivity index (χ0v) is 14.1. The third-order valence-electron chi connectivity index (χ3n) is 4.08. The molecule has 0 saturated carbocycles. The van der Waals surface area contributed by atoms with Crippen LogP contribution in [0.3, 0.4) is 0 Å². The first-order valence-corrected chi connectivity index (χ1v) is 8.34. The van der Waals surface area contributed by atoms with Crippen LogP contribution >= 0.6 is 0 Å². The number of likely N-dealkylation sites (tertiary alicyclic amines) is 1. The Morgan fingerprint density at radius 2 is 2.05 bits per heavy atom. The molecule has 3 nitrogen and oxygen atoms in total. The quantitative estimate of drug-likeness (QED) is 0.661. The molecule has 0 N–H and O–H groups in total. The van der Waals surface area contributed by atoms with Gasteiger partial charge in [-0.15, -0.1) is 0 Å². The summed E-state index contributed by atoms with van der Waals surface area (Å²) in [5.74, 6) is 0.693. The third kappa shape index (κ3) is 5.82. The average Bonchev–Trinajstić information content (AvgIpc) is 2.80. The summed E-state index contributed by atoms with van der Waals surface area (Å²) in [4.78, 5) is 14.7. The number of carbonyl (C=O) groups excluding carboxylic acids is 1. The van der Waals surface area contributed by atoms with Gasteiger partial charge in [0.05, 0.1) is 0 Å². The van der Waals surface area contributed by atoms with E-state index in [9.17, 15) is 4.79 Å². The largest absolute Gasteiger partial charge is 0.459 e. The van der Waals surface area contributed by atoms with Gasteiger partial charge < -0.3 is 4.74 Å². The first-order chi connectivity index (χ1) is 9.37. The van der Waals surface area contributed by atoms with Crippen LogP contribution in [0.2, 0.25) is 0 Å². The molecule has 0 amide bonds. The summed E-state index contributed by atoms with van der Waals surface area (Å²) in [6, 6.07) is -0.00935. The summed E-state index contributed by atoms with van der Waals surface area (Å²) in [7, 11) is 0. The molecule has 0 aromatic heterocycles. The van der Waals surface area contributed by atoms with Crippen molar-refractivity contribution in [3.05, 3.63) is 0 Å². The van der Waals surface area contributed by atoms with Crippen molar-refractivity contribution in [3.8, 4) is 0 Å². The minimum atomic E-state index is -0.377. The fourth-order valence-corrected chi connectivity index (χ4v) is 2.93. The van der Waals surface area contributed by atoms with Crippen molar-refractivity contribution < 1.29 is 9.53 Å². The molecule has 0 radical (unpaired) electrons. The number of esters is 1. The van der Waals surface area contributed by atoms with Gasteiger partial charge in [0, 0.05) is 6.54 Å². The van der Waals surface area contributed by atoms with E-state index in [4.69, 9.17) is 4.74 Å². The first-order valence-electron chi connectivity index (χ1n) is 8.34. The van der Waals surface area contributed by atoms with Gasteiger partial charge in [-0.2, -0.15) is 0 Å². The van der Waals surface area contributed by atoms with Gasteiger partial charge in [0.2, 0.25) is 0 Å². The molecule has 1 saturated heterocycles. The molecular formula is C17H33NO2. The molecule has 1 aliphatic rings. The van der Waals surface area contributed by atoms with Gasteiger partial charge in [-0.05, 0) is 52.5 Å². The molecule has 0 spiro atoms. The smallest absolute Gasteiger partial charge is 0.323 e. The van der Waals surface area contributed by atoms with E-state index >= 15 is 0 Å². The monoisotopic (exact) mass is 283 g/mol. The van der Waals surface area contributed by atoms with Gasteiger partial charge >= 0.3 is 5.97 Å². The second kappa shape index (κ2) is 8.02. The van der Waals surface area contributed by atoms with Crippen LogP contribution in [-0.2, 0) is 9.53 Å². The minimum absolute atomic E-state index is 0.00935. The lowest BCUT2D eigenvalue weighted by molar-refractivity contribution is -0.160. The predicted octanol–water partition coefficient (Wildman–Crippen LogP) is 4.01. The van der Waals surface area contributed by atoms with Crippen LogP contribution in [0.25, 0.3) is 0 Å². The van der Waals surface area contributed by atoms with Crippen LogP contribution in [0.1, 0.15) is 73.1 Å². The summed E-state index contributed by atoms with van der Waals surface area (Å²) in [5.41, 5.74) is -0.377. The average molecular weight is 283 g/mol. The Kier molecular flexibility index (Phi) is 7.01. The van der Waals surface area contributed by atoms with Gasteiger partial charge in [-0.25, -0.2) is 0 Å². The number of rotatable bonds is 7. The minimum Gasteiger partial charge on any atom is -0.459 e. The Morgan fingerprint density at radius 1 is 1.35 bits per heavy atom. The van der Waals surface area contributed by atoms with Crippen LogP contribution < -0.4 is 0 Å². The van der Waals surface area contributed by atoms with Crippen molar-refractivity contribution in [1.82, 2.24) is 4.90 Å². The lowest BCUT2D eigenvalue weighted by Crippen LogP contribution is -2.42. The maximum Gasteiger partial charge on any atom is 0.323 e. The standard InChI is InChI=1S/C17H33NO2/c1-6-8-10-14(7-2)13-18-12-9-11-15(18)16(19)20-17(3,4)5/h14-15H,6-13H2,1-5H3/t14?,15-/m0/s1. The molecule has 1 aliphatic heterocycles. The van der Waals surface area contributed by atoms with Crippen molar-refractivity contribution in [1.29, 1.82) is 0 Å². The highest BCUT2D eigenvalue weighted by Crippen LogP contribution is 2.24. The molecular weight excluding hydrogens is 250 g/mol. The normalized spacial score (nSPS) is 21.9. The Bertz CT molecular complexity index is 296. The molecule has 0 bridgehead atoms. The SMILES string of the molecule is CCCCC(CC)CN1CCC[C@H]1C(=O)OC(C)(C)C. The molecule has 20 heavy (non-hydrogen) atoms. The highest BCUT2D eigenvalue weighted by Gasteiger charge is 2.34. The summed E-state index contributed by atoms with van der Waals surface area (Å²) in [6.45, 7) is 12.4. The number of ether oxygens (including phenoxy) is 1. The molecule has 0 aromatic rings. The van der Waals surface area contributed by atoms with E-state index < -0.39 is 0 Å². The van der Waals surface area contributed by atoms with Crippen molar-refractivity contribution in [3.63, 3.8) is 0 Å². The van der Waals surface area contributed by atoms with Crippen molar-refractivity contribution in [2.45, 2.75) is 84.8 Å². The van der Waals surface area contributed by atoms with Crippen molar-refractivity contribution >= 4 is 5.97 Å². The van der Waals surface area contributed by atoms with Gasteiger partial charge in [0.15, 0.2) is 0 Å². The van der Waals surface area contributed by atoms with Crippen LogP contribution in [0.5, 0.6) is 0 Å². The number of nitrogens with zero attached hydrogens (tertiary/aromatic N) is 1. The van der Waals surface area contributed by atoms with E-state index in [1.807, 2.05) is 20.8 Å². The summed E-state index contributed by atoms with van der Waals surface area (Å²) < 4.78 is 5.57. The lowest BCUT2D eigenvalue weighted by atomic mass is 9.98. The maximum absolute atomic E-state index is 12.3. The summed E-state index contributed by atoms with van der Waals surface area (Å²) >= 11 is 0. The highest BCUT2D eigenvalue weighted by molar-refractivity contribution is 5.76. The number of carbonyl (C=O) groups is 1. The van der Waals surface area contributed by atoms with E-state index in [1.165, 1.54) is 25.7 Å². The van der Waals surface area contributed by atoms with Crippen molar-refractivity contribution in [2.24, 2.45) is 5.92 Å². The lowest BCUT2D eigenvalue weighted by Gasteiger charge is -2.29. The molecule has 1 rings (SSSR count). The summed E-state index contributed by atoms with van der Waals surface area (Å²) in [6.07, 6.45) is 7.12. The molecule has 0 aromatic carbocycles. The van der Waals surface area contributed by atoms with Crippen LogP contribution in [0.15, 0.2) is 0 Å². The molecule has 0 aliphatic carbocycles. The van der Waals surface area contributed by atoms with Crippen molar-refractivity contribution in [2.75, 3.05) is 13.1 Å².